The number of amides is 10. The minimum atomic E-state index is -0.811. The van der Waals surface area contributed by atoms with E-state index in [1.807, 2.05) is 0 Å². The first-order valence-electron chi connectivity index (χ1n) is 32.6. The van der Waals surface area contributed by atoms with E-state index in [9.17, 15) is 76.7 Å². The monoisotopic (exact) mass is 1400 g/mol. The van der Waals surface area contributed by atoms with Crippen molar-refractivity contribution in [3.05, 3.63) is 150 Å². The van der Waals surface area contributed by atoms with Gasteiger partial charge in [-0.3, -0.25) is 96.5 Å². The van der Waals surface area contributed by atoms with E-state index in [1.54, 1.807) is 80.6 Å². The molecule has 7 heterocycles. The molecule has 2 saturated carbocycles. The number of ketones is 4. The van der Waals surface area contributed by atoms with Gasteiger partial charge in [-0.2, -0.15) is 0 Å². The first kappa shape index (κ1) is 71.2. The van der Waals surface area contributed by atoms with Crippen molar-refractivity contribution in [2.45, 2.75) is 141 Å². The molecule has 34 heteroatoms. The summed E-state index contributed by atoms with van der Waals surface area (Å²) in [7, 11) is 0. The van der Waals surface area contributed by atoms with Gasteiger partial charge in [0.05, 0.1) is 70.2 Å². The van der Waals surface area contributed by atoms with Gasteiger partial charge < -0.3 is 31.1 Å². The van der Waals surface area contributed by atoms with E-state index in [2.05, 4.69) is 68.1 Å². The fourth-order valence-electron chi connectivity index (χ4n) is 13.2. The van der Waals surface area contributed by atoms with Crippen molar-refractivity contribution in [1.82, 2.24) is 54.5 Å². The van der Waals surface area contributed by atoms with Crippen LogP contribution in [0.4, 0.5) is 22.7 Å². The second kappa shape index (κ2) is 30.6. The lowest BCUT2D eigenvalue weighted by atomic mass is 9.92. The Balaban J connectivity index is 0.000000174. The average molecular weight is 1400 g/mol. The number of hydrogen-bond donors (Lipinski definition) is 6. The van der Waals surface area contributed by atoms with Crippen molar-refractivity contribution < 1.29 is 67.1 Å². The minimum absolute atomic E-state index is 0.0196. The van der Waals surface area contributed by atoms with Crippen molar-refractivity contribution in [3.63, 3.8) is 0 Å². The summed E-state index contributed by atoms with van der Waals surface area (Å²) < 4.78 is 3.89. The van der Waals surface area contributed by atoms with Crippen molar-refractivity contribution in [1.29, 1.82) is 0 Å². The van der Waals surface area contributed by atoms with Gasteiger partial charge in [0.25, 0.3) is 22.9 Å². The molecule has 526 valence electrons. The number of nitrogens with zero attached hydrogens (tertiary/aromatic N) is 12. The number of carbonyl (C=O) groups is 14. The third-order valence-electron chi connectivity index (χ3n) is 18.0. The highest BCUT2D eigenvalue weighted by molar-refractivity contribution is 6.10. The summed E-state index contributed by atoms with van der Waals surface area (Å²) in [4.78, 5) is 212. The van der Waals surface area contributed by atoms with Gasteiger partial charge in [-0.15, -0.1) is 11.5 Å². The summed E-state index contributed by atoms with van der Waals surface area (Å²) in [5.41, 5.74) is 11.9. The van der Waals surface area contributed by atoms with Crippen LogP contribution in [0.5, 0.6) is 0 Å². The fourth-order valence-corrected chi connectivity index (χ4v) is 13.2. The molecule has 4 atom stereocenters. The molecular formula is C69H64N18O16. The van der Waals surface area contributed by atoms with Gasteiger partial charge in [0.2, 0.25) is 47.3 Å². The van der Waals surface area contributed by atoms with Gasteiger partial charge in [-0.25, -0.2) is 14.6 Å². The lowest BCUT2D eigenvalue weighted by molar-refractivity contribution is -0.138. The number of hydrogen-bond acceptors (Lipinski definition) is 21. The van der Waals surface area contributed by atoms with Crippen LogP contribution >= 0.6 is 0 Å². The van der Waals surface area contributed by atoms with Gasteiger partial charge in [-0.05, 0) is 93.6 Å². The Labute approximate surface area is 582 Å². The van der Waals surface area contributed by atoms with Crippen molar-refractivity contribution >= 4 is 127 Å². The summed E-state index contributed by atoms with van der Waals surface area (Å²) in [6.07, 6.45) is 8.09. The Kier molecular flexibility index (Phi) is 21.2. The van der Waals surface area contributed by atoms with Gasteiger partial charge >= 0.3 is 0 Å². The summed E-state index contributed by atoms with van der Waals surface area (Å²) in [6, 6.07) is 16.6. The van der Waals surface area contributed by atoms with Crippen LogP contribution in [0.15, 0.2) is 93.7 Å². The number of anilines is 4. The van der Waals surface area contributed by atoms with Gasteiger partial charge in [-0.1, -0.05) is 40.5 Å². The molecule has 0 bridgehead atoms. The highest BCUT2D eigenvalue weighted by Gasteiger charge is 2.42. The number of nitrogens with one attached hydrogen (secondary N) is 6. The third kappa shape index (κ3) is 15.6. The number of fused-ring (bicyclic) bond motifs is 4. The molecule has 0 spiro atoms. The Morgan fingerprint density at radius 1 is 0.583 bits per heavy atom. The molecule has 2 saturated heterocycles. The smallest absolute Gasteiger partial charge is 0.264 e. The van der Waals surface area contributed by atoms with Crippen LogP contribution in [0, 0.1) is 26.2 Å². The van der Waals surface area contributed by atoms with E-state index >= 15 is 0 Å². The zero-order valence-corrected chi connectivity index (χ0v) is 55.3. The maximum Gasteiger partial charge on any atom is 0.264 e. The quantitative estimate of drug-likeness (QED) is 0.0202. The van der Waals surface area contributed by atoms with Gasteiger partial charge in [0.1, 0.15) is 48.4 Å². The number of benzene rings is 4. The topological polar surface area (TPSA) is 467 Å². The lowest BCUT2D eigenvalue weighted by Gasteiger charge is -2.29. The molecule has 4 aliphatic heterocycles. The van der Waals surface area contributed by atoms with E-state index < -0.39 is 65.5 Å². The van der Waals surface area contributed by atoms with Gasteiger partial charge in [0, 0.05) is 96.4 Å². The molecule has 6 N–H and O–H groups in total. The minimum Gasteiger partial charge on any atom is -0.326 e. The predicted octanol–water partition coefficient (Wildman–Crippen LogP) is 3.36. The maximum absolute atomic E-state index is 13.7. The molecule has 34 nitrogen and oxygen atoms in total. The number of aromatic nitrogens is 7. The molecule has 2 aliphatic carbocycles. The number of piperidine rings is 2. The number of terminal acetylenes is 1. The molecule has 7 aromatic rings. The molecule has 3 aromatic heterocycles. The number of rotatable bonds is 16. The Morgan fingerprint density at radius 3 is 1.50 bits per heavy atom. The summed E-state index contributed by atoms with van der Waals surface area (Å²) in [6.45, 7) is 2.89. The van der Waals surface area contributed by atoms with Gasteiger partial charge in [0.15, 0.2) is 11.6 Å². The van der Waals surface area contributed by atoms with Crippen LogP contribution in [-0.4, -0.2) is 145 Å². The highest BCUT2D eigenvalue weighted by Crippen LogP contribution is 2.35. The SMILES string of the molecule is C#CCC(=O)Nc1cccc2c1CN(C1CCC(=O)NC1=O)C2=O.Cc1nc2cccc(NC(=O)CN=[N+]=[N-])c2c(=O)n1C1CCC(=O)CC1=O.Cc1nc2cccc(NC(=O)Cn3cc(CCC(=O)Nc4cccc5c4CN(C4CCC(=O)NC4=O)C5=O)nn3)c2c(=O)n1C1CCC(=O)CC1=O. The maximum atomic E-state index is 13.7. The molecule has 4 unspecified atom stereocenters. The van der Waals surface area contributed by atoms with E-state index in [-0.39, 0.29) is 177 Å². The van der Waals surface area contributed by atoms with Crippen molar-refractivity contribution in [2.75, 3.05) is 27.8 Å². The molecule has 103 heavy (non-hydrogen) atoms. The van der Waals surface area contributed by atoms with Crippen LogP contribution in [0.1, 0.15) is 138 Å². The Hall–Kier alpha value is -13.1. The summed E-state index contributed by atoms with van der Waals surface area (Å²) >= 11 is 0. The molecule has 10 amide bonds. The highest BCUT2D eigenvalue weighted by atomic mass is 16.2. The predicted molar refractivity (Wildman–Crippen MR) is 363 cm³/mol. The second-order valence-electron chi connectivity index (χ2n) is 24.9. The zero-order valence-electron chi connectivity index (χ0n) is 55.3. The van der Waals surface area contributed by atoms with E-state index in [0.717, 1.165) is 0 Å². The molecule has 4 fully saturated rings. The Morgan fingerprint density at radius 2 is 1.03 bits per heavy atom. The molecule has 4 aromatic carbocycles. The standard InChI is InChI=1S/C35H33N9O8.C17H16N6O4.C17H15N3O4/c1-18-36-24-6-3-7-25(32(24)35(52)44(18)26-10-9-20(45)14-28(26)46)38-31(49)17-42-15-19(40-41-42)8-12-29(47)37-23-5-2-4-21-22(23)16-43(34(21)51)27-11-13-30(48)39-33(27)50;1-9-20-11-3-2-4-12(21-15(26)8-19-22-18)16(11)17(27)23(9)13-6-5-10(24)7-14(13)25;1-2-4-14(21)18-12-6-3-5-10-11(12)9-20(17(10)24)13-7-8-15(22)19-16(13)23/h2-7,15,26-27H,8-14,16-17H2,1H3,(H,37,47)(H,38,49)(H,39,48,50);2-4,13H,5-8H2,1H3,(H,21,26);1,3,5-6,13H,4,7-9H2,(H,18,21)(H,19,22,23). The number of imide groups is 2. The Bertz CT molecular complexity index is 5060. The number of azide groups is 1. The first-order chi connectivity index (χ1) is 49.4. The van der Waals surface area contributed by atoms with E-state index in [4.69, 9.17) is 12.0 Å². The fraction of sp³-hybridized carbons (Fsp3) is 0.333. The zero-order chi connectivity index (χ0) is 73.5. The van der Waals surface area contributed by atoms with Crippen LogP contribution in [0.2, 0.25) is 0 Å². The molecule has 0 radical (unpaired) electrons. The molecular weight excluding hydrogens is 1340 g/mol. The molecule has 6 aliphatic rings. The van der Waals surface area contributed by atoms with Crippen molar-refractivity contribution in [2.24, 2.45) is 5.11 Å². The number of carbonyl (C=O) groups excluding carboxylic acids is 14. The molecule has 13 rings (SSSR count). The van der Waals surface area contributed by atoms with Crippen molar-refractivity contribution in [3.8, 4) is 12.3 Å². The normalized spacial score (nSPS) is 18.5. The van der Waals surface area contributed by atoms with E-state index in [0.29, 0.717) is 68.4 Å². The van der Waals surface area contributed by atoms with E-state index in [1.165, 1.54) is 35.9 Å². The van der Waals surface area contributed by atoms with Crippen LogP contribution in [-0.2, 0) is 83.6 Å². The summed E-state index contributed by atoms with van der Waals surface area (Å²) in [5.74, 6) is -2.11. The third-order valence-corrected chi connectivity index (χ3v) is 18.0. The van der Waals surface area contributed by atoms with Crippen LogP contribution in [0.25, 0.3) is 32.2 Å². The number of Topliss-reactive ketones (excluding diaryl/α,β-unsaturated/α-hetero) is 4. The number of aryl methyl sites for hydroxylation is 3. The lowest BCUT2D eigenvalue weighted by Crippen LogP contribution is -2.52. The average Bonchev–Trinajstić information content (AvgIpc) is 1.65. The second-order valence-corrected chi connectivity index (χ2v) is 24.9. The van der Waals surface area contributed by atoms with Crippen LogP contribution in [0.3, 0.4) is 0 Å². The first-order valence-corrected chi connectivity index (χ1v) is 32.6. The largest absolute Gasteiger partial charge is 0.326 e. The summed E-state index contributed by atoms with van der Waals surface area (Å²) in [5, 5.41) is 26.9. The van der Waals surface area contributed by atoms with Crippen LogP contribution < -0.4 is 43.0 Å².